The molecule has 10 nitrogen and oxygen atoms in total. The van der Waals surface area contributed by atoms with Crippen LogP contribution < -0.4 is 4.90 Å². The first-order valence-corrected chi connectivity index (χ1v) is 9.69. The number of pyridine rings is 1. The van der Waals surface area contributed by atoms with E-state index in [1.54, 1.807) is 12.3 Å². The summed E-state index contributed by atoms with van der Waals surface area (Å²) in [7, 11) is 0. The van der Waals surface area contributed by atoms with E-state index < -0.39 is 5.97 Å². The van der Waals surface area contributed by atoms with Crippen molar-refractivity contribution >= 4 is 17.8 Å². The lowest BCUT2D eigenvalue weighted by Gasteiger charge is -2.34. The summed E-state index contributed by atoms with van der Waals surface area (Å²) in [6.45, 7) is 1.52. The van der Waals surface area contributed by atoms with E-state index in [2.05, 4.69) is 21.0 Å². The summed E-state index contributed by atoms with van der Waals surface area (Å²) in [5.41, 5.74) is 1.18. The molecule has 0 aromatic carbocycles. The topological polar surface area (TPSA) is 133 Å². The zero-order chi connectivity index (χ0) is 21.1. The smallest absolute Gasteiger partial charge is 0.354 e. The molecule has 4 heterocycles. The van der Waals surface area contributed by atoms with Crippen molar-refractivity contribution in [1.82, 2.24) is 20.0 Å². The Morgan fingerprint density at radius 3 is 2.77 bits per heavy atom. The molecule has 2 aliphatic heterocycles. The summed E-state index contributed by atoms with van der Waals surface area (Å²) in [5, 5.41) is 19.6. The van der Waals surface area contributed by atoms with Crippen LogP contribution in [0.1, 0.15) is 46.9 Å². The predicted octanol–water partition coefficient (Wildman–Crippen LogP) is 1.56. The normalized spacial score (nSPS) is 19.5. The van der Waals surface area contributed by atoms with Crippen molar-refractivity contribution in [3.63, 3.8) is 0 Å². The van der Waals surface area contributed by atoms with Crippen LogP contribution in [0.2, 0.25) is 0 Å². The summed E-state index contributed by atoms with van der Waals surface area (Å²) in [6.07, 6.45) is 6.40. The number of nitrogens with zero attached hydrogens (tertiary/aromatic N) is 6. The average Bonchev–Trinajstić information content (AvgIpc) is 3.29. The van der Waals surface area contributed by atoms with Gasteiger partial charge in [-0.25, -0.2) is 19.8 Å². The molecule has 0 aliphatic carbocycles. The molecule has 2 aromatic rings. The largest absolute Gasteiger partial charge is 0.477 e. The molecule has 0 saturated carbocycles. The molecule has 0 unspecified atom stereocenters. The number of nitriles is 1. The highest BCUT2D eigenvalue weighted by Crippen LogP contribution is 2.33. The van der Waals surface area contributed by atoms with E-state index >= 15 is 0 Å². The standard InChI is InChI=1S/C20H20N6O4/c21-10-13-9-15(12-22-11-13)17-4-8-30-26(17)18(27)14-2-6-25(7-3-14)20-23-5-1-16(24-20)19(28)29/h1,5,9,11-12,14,17H,2-4,6-8H2,(H,28,29)/t17-/m0/s1. The Morgan fingerprint density at radius 2 is 2.03 bits per heavy atom. The van der Waals surface area contributed by atoms with E-state index in [9.17, 15) is 9.59 Å². The van der Waals surface area contributed by atoms with Gasteiger partial charge in [0.1, 0.15) is 6.07 Å². The number of aromatic carboxylic acids is 1. The van der Waals surface area contributed by atoms with Gasteiger partial charge in [0.25, 0.3) is 0 Å². The van der Waals surface area contributed by atoms with E-state index in [0.717, 1.165) is 5.56 Å². The van der Waals surface area contributed by atoms with Crippen molar-refractivity contribution < 1.29 is 19.5 Å². The Labute approximate surface area is 172 Å². The fraction of sp³-hybridized carbons (Fsp3) is 0.400. The Hall–Kier alpha value is -3.58. The zero-order valence-corrected chi connectivity index (χ0v) is 16.1. The number of rotatable bonds is 4. The van der Waals surface area contributed by atoms with Crippen LogP contribution in [0.15, 0.2) is 30.7 Å². The number of carboxylic acids is 1. The number of piperidine rings is 1. The minimum atomic E-state index is -1.10. The van der Waals surface area contributed by atoms with Crippen LogP contribution in [0.5, 0.6) is 0 Å². The second-order valence-electron chi connectivity index (χ2n) is 7.23. The molecule has 1 N–H and O–H groups in total. The van der Waals surface area contributed by atoms with Crippen molar-refractivity contribution in [3.05, 3.63) is 47.5 Å². The van der Waals surface area contributed by atoms with Crippen molar-refractivity contribution in [2.75, 3.05) is 24.6 Å². The first-order valence-electron chi connectivity index (χ1n) is 9.69. The van der Waals surface area contributed by atoms with Gasteiger partial charge in [-0.05, 0) is 30.5 Å². The monoisotopic (exact) mass is 408 g/mol. The highest BCUT2D eigenvalue weighted by Gasteiger charge is 2.37. The Balaban J connectivity index is 1.42. The lowest BCUT2D eigenvalue weighted by Crippen LogP contribution is -2.42. The van der Waals surface area contributed by atoms with Crippen LogP contribution in [-0.4, -0.2) is 56.7 Å². The van der Waals surface area contributed by atoms with Crippen LogP contribution in [-0.2, 0) is 9.63 Å². The van der Waals surface area contributed by atoms with E-state index in [-0.39, 0.29) is 23.6 Å². The molecular formula is C20H20N6O4. The lowest BCUT2D eigenvalue weighted by atomic mass is 9.94. The summed E-state index contributed by atoms with van der Waals surface area (Å²) in [6, 6.07) is 4.90. The number of carboxylic acid groups (broad SMARTS) is 1. The van der Waals surface area contributed by atoms with Crippen LogP contribution in [0, 0.1) is 17.2 Å². The van der Waals surface area contributed by atoms with Gasteiger partial charge < -0.3 is 10.0 Å². The number of carbonyl (C=O) groups is 2. The second kappa shape index (κ2) is 8.42. The molecule has 2 aromatic heterocycles. The fourth-order valence-electron chi connectivity index (χ4n) is 3.82. The van der Waals surface area contributed by atoms with Crippen molar-refractivity contribution in [2.24, 2.45) is 5.92 Å². The number of amides is 1. The van der Waals surface area contributed by atoms with Gasteiger partial charge in [0.05, 0.1) is 18.2 Å². The van der Waals surface area contributed by atoms with Gasteiger partial charge in [0, 0.05) is 44.0 Å². The maximum Gasteiger partial charge on any atom is 0.354 e. The lowest BCUT2D eigenvalue weighted by molar-refractivity contribution is -0.182. The summed E-state index contributed by atoms with van der Waals surface area (Å²) < 4.78 is 0. The van der Waals surface area contributed by atoms with Gasteiger partial charge >= 0.3 is 5.97 Å². The van der Waals surface area contributed by atoms with Crippen LogP contribution in [0.3, 0.4) is 0 Å². The van der Waals surface area contributed by atoms with E-state index in [4.69, 9.17) is 15.2 Å². The SMILES string of the molecule is N#Cc1cncc([C@@H]2CCON2C(=O)C2CCN(c3nccc(C(=O)O)n3)CC2)c1. The number of anilines is 1. The average molecular weight is 408 g/mol. The molecule has 0 bridgehead atoms. The third-order valence-electron chi connectivity index (χ3n) is 5.38. The molecule has 0 spiro atoms. The van der Waals surface area contributed by atoms with Crippen LogP contribution in [0.4, 0.5) is 5.95 Å². The molecule has 30 heavy (non-hydrogen) atoms. The molecule has 0 radical (unpaired) electrons. The molecule has 4 rings (SSSR count). The Kier molecular flexibility index (Phi) is 5.54. The third-order valence-corrected chi connectivity index (χ3v) is 5.38. The van der Waals surface area contributed by atoms with Gasteiger partial charge in [-0.3, -0.25) is 14.6 Å². The molecule has 2 saturated heterocycles. The van der Waals surface area contributed by atoms with Crippen LogP contribution >= 0.6 is 0 Å². The number of hydrogen-bond donors (Lipinski definition) is 1. The summed E-state index contributed by atoms with van der Waals surface area (Å²) in [5.74, 6) is -1.04. The molecule has 1 amide bonds. The zero-order valence-electron chi connectivity index (χ0n) is 16.1. The van der Waals surface area contributed by atoms with Crippen molar-refractivity contribution in [2.45, 2.75) is 25.3 Å². The summed E-state index contributed by atoms with van der Waals surface area (Å²) in [4.78, 5) is 44.1. The van der Waals surface area contributed by atoms with Gasteiger partial charge in [0.2, 0.25) is 11.9 Å². The second-order valence-corrected chi connectivity index (χ2v) is 7.23. The first-order chi connectivity index (χ1) is 14.6. The molecule has 1 atom stereocenters. The number of aromatic nitrogens is 3. The molecular weight excluding hydrogens is 388 g/mol. The van der Waals surface area contributed by atoms with E-state index in [0.29, 0.717) is 50.5 Å². The number of hydroxylamine groups is 2. The number of hydrogen-bond acceptors (Lipinski definition) is 8. The van der Waals surface area contributed by atoms with E-state index in [1.165, 1.54) is 23.5 Å². The summed E-state index contributed by atoms with van der Waals surface area (Å²) >= 11 is 0. The molecule has 154 valence electrons. The first kappa shape index (κ1) is 19.7. The highest BCUT2D eigenvalue weighted by atomic mass is 16.7. The predicted molar refractivity (Wildman–Crippen MR) is 103 cm³/mol. The number of carbonyl (C=O) groups excluding carboxylic acids is 1. The Morgan fingerprint density at radius 1 is 1.23 bits per heavy atom. The van der Waals surface area contributed by atoms with Gasteiger partial charge in [-0.1, -0.05) is 0 Å². The third kappa shape index (κ3) is 3.92. The van der Waals surface area contributed by atoms with Gasteiger partial charge in [0.15, 0.2) is 5.69 Å². The van der Waals surface area contributed by atoms with Crippen molar-refractivity contribution in [3.8, 4) is 6.07 Å². The van der Waals surface area contributed by atoms with Crippen molar-refractivity contribution in [1.29, 1.82) is 5.26 Å². The molecule has 2 aliphatic rings. The highest BCUT2D eigenvalue weighted by molar-refractivity contribution is 5.85. The van der Waals surface area contributed by atoms with Crippen LogP contribution in [0.25, 0.3) is 0 Å². The molecule has 2 fully saturated rings. The maximum absolute atomic E-state index is 13.1. The van der Waals surface area contributed by atoms with Gasteiger partial charge in [-0.15, -0.1) is 0 Å². The Bertz CT molecular complexity index is 999. The van der Waals surface area contributed by atoms with E-state index in [1.807, 2.05) is 4.90 Å². The van der Waals surface area contributed by atoms with Gasteiger partial charge in [-0.2, -0.15) is 5.26 Å². The minimum Gasteiger partial charge on any atom is -0.477 e. The molecule has 10 heteroatoms. The fourth-order valence-corrected chi connectivity index (χ4v) is 3.82. The maximum atomic E-state index is 13.1. The minimum absolute atomic E-state index is 0.0558. The quantitative estimate of drug-likeness (QED) is 0.800.